The van der Waals surface area contributed by atoms with Crippen molar-refractivity contribution in [3.05, 3.63) is 127 Å². The van der Waals surface area contributed by atoms with Crippen LogP contribution in [0, 0.1) is 0 Å². The maximum Gasteiger partial charge on any atom is 0.164 e. The first-order valence-electron chi connectivity index (χ1n) is 12.7. The van der Waals surface area contributed by atoms with Crippen molar-refractivity contribution < 1.29 is 4.74 Å². The lowest BCUT2D eigenvalue weighted by molar-refractivity contribution is 0.271. The molecule has 1 aliphatic carbocycles. The summed E-state index contributed by atoms with van der Waals surface area (Å²) in [4.78, 5) is 15.2. The predicted molar refractivity (Wildman–Crippen MR) is 154 cm³/mol. The zero-order chi connectivity index (χ0) is 25.1. The van der Waals surface area contributed by atoms with E-state index in [4.69, 9.17) is 19.7 Å². The molecule has 4 nitrogen and oxygen atoms in total. The highest BCUT2D eigenvalue weighted by Crippen LogP contribution is 2.47. The number of hydrogen-bond donors (Lipinski definition) is 0. The minimum atomic E-state index is -0.0722. The first-order valence-corrected chi connectivity index (χ1v) is 13.5. The van der Waals surface area contributed by atoms with Gasteiger partial charge >= 0.3 is 0 Å². The lowest BCUT2D eigenvalue weighted by atomic mass is 9.84. The number of hydrogen-bond acceptors (Lipinski definition) is 5. The molecule has 3 heterocycles. The van der Waals surface area contributed by atoms with E-state index in [1.165, 1.54) is 25.7 Å². The molecule has 0 fully saturated rings. The highest BCUT2D eigenvalue weighted by atomic mass is 32.1. The van der Waals surface area contributed by atoms with Crippen molar-refractivity contribution in [2.24, 2.45) is 0 Å². The molecule has 0 amide bonds. The minimum absolute atomic E-state index is 0.0350. The van der Waals surface area contributed by atoms with E-state index >= 15 is 0 Å². The standard InChI is InChI=1S/C33H21N3OS/c1-2-10-20(11-3-1)31-34-32(23-14-8-17-26-29(23)21-12-4-6-16-25(21)37-26)36-33(35-31)24-15-9-19-28-30(24)22-13-5-7-18-27(22)38-28/h1-19,26,29H. The van der Waals surface area contributed by atoms with E-state index < -0.39 is 0 Å². The maximum absolute atomic E-state index is 6.29. The number of fused-ring (bicyclic) bond motifs is 6. The Balaban J connectivity index is 1.38. The van der Waals surface area contributed by atoms with Gasteiger partial charge in [0, 0.05) is 42.4 Å². The van der Waals surface area contributed by atoms with Crippen LogP contribution in [0.4, 0.5) is 0 Å². The molecule has 0 saturated heterocycles. The van der Waals surface area contributed by atoms with Gasteiger partial charge in [0.05, 0.1) is 5.92 Å². The number of nitrogens with zero attached hydrogens (tertiary/aromatic N) is 3. The highest BCUT2D eigenvalue weighted by Gasteiger charge is 2.38. The van der Waals surface area contributed by atoms with Gasteiger partial charge in [-0.15, -0.1) is 11.3 Å². The molecule has 6 aromatic rings. The average Bonchev–Trinajstić information content (AvgIpc) is 3.56. The highest BCUT2D eigenvalue weighted by molar-refractivity contribution is 7.25. The molecular formula is C33H21N3OS. The van der Waals surface area contributed by atoms with Crippen molar-refractivity contribution in [2.75, 3.05) is 0 Å². The summed E-state index contributed by atoms with van der Waals surface area (Å²) in [6, 6.07) is 33.4. The van der Waals surface area contributed by atoms with Crippen molar-refractivity contribution in [1.82, 2.24) is 15.0 Å². The molecule has 0 N–H and O–H groups in total. The summed E-state index contributed by atoms with van der Waals surface area (Å²) in [7, 11) is 0. The number of para-hydroxylation sites is 1. The van der Waals surface area contributed by atoms with Gasteiger partial charge in [-0.3, -0.25) is 0 Å². The molecule has 2 unspecified atom stereocenters. The molecule has 0 bridgehead atoms. The summed E-state index contributed by atoms with van der Waals surface area (Å²) in [5, 5.41) is 2.42. The summed E-state index contributed by atoms with van der Waals surface area (Å²) in [5.74, 6) is 2.99. The molecule has 1 aliphatic heterocycles. The summed E-state index contributed by atoms with van der Waals surface area (Å²) in [6.07, 6.45) is 6.23. The quantitative estimate of drug-likeness (QED) is 0.243. The van der Waals surface area contributed by atoms with Crippen LogP contribution in [0.25, 0.3) is 48.5 Å². The van der Waals surface area contributed by atoms with Gasteiger partial charge in [0.25, 0.3) is 0 Å². The molecule has 8 rings (SSSR count). The minimum Gasteiger partial charge on any atom is -0.485 e. The summed E-state index contributed by atoms with van der Waals surface area (Å²) < 4.78 is 8.78. The molecule has 0 radical (unpaired) electrons. The molecule has 2 aromatic heterocycles. The average molecular weight is 508 g/mol. The third kappa shape index (κ3) is 3.32. The second-order valence-electron chi connectivity index (χ2n) is 9.55. The molecular weight excluding hydrogens is 486 g/mol. The Hall–Kier alpha value is -4.61. The van der Waals surface area contributed by atoms with Crippen LogP contribution in [0.3, 0.4) is 0 Å². The fraction of sp³-hybridized carbons (Fsp3) is 0.0606. The smallest absolute Gasteiger partial charge is 0.164 e. The number of aromatic nitrogens is 3. The third-order valence-electron chi connectivity index (χ3n) is 7.33. The number of allylic oxidation sites excluding steroid dienone is 2. The van der Waals surface area contributed by atoms with Gasteiger partial charge < -0.3 is 4.74 Å². The normalized spacial score (nSPS) is 17.7. The number of thiophene rings is 1. The van der Waals surface area contributed by atoms with Gasteiger partial charge in [0.15, 0.2) is 17.5 Å². The van der Waals surface area contributed by atoms with Crippen LogP contribution in [0.2, 0.25) is 0 Å². The number of benzene rings is 4. The van der Waals surface area contributed by atoms with Crippen LogP contribution in [0.1, 0.15) is 17.3 Å². The molecule has 2 aliphatic rings. The van der Waals surface area contributed by atoms with Gasteiger partial charge in [0.2, 0.25) is 0 Å². The summed E-state index contributed by atoms with van der Waals surface area (Å²) >= 11 is 1.80. The van der Waals surface area contributed by atoms with Crippen LogP contribution >= 0.6 is 11.3 Å². The first kappa shape index (κ1) is 21.5. The SMILES string of the molecule is C1=CC2Oc3ccccc3C2C(c2nc(-c3ccccc3)nc(-c3cccc4sc5ccccc5c34)n2)=C1. The fourth-order valence-electron chi connectivity index (χ4n) is 5.62. The van der Waals surface area contributed by atoms with Crippen molar-refractivity contribution >= 4 is 37.1 Å². The predicted octanol–water partition coefficient (Wildman–Crippen LogP) is 8.07. The zero-order valence-electron chi connectivity index (χ0n) is 20.3. The lowest BCUT2D eigenvalue weighted by Gasteiger charge is -2.22. The lowest BCUT2D eigenvalue weighted by Crippen LogP contribution is -2.20. The van der Waals surface area contributed by atoms with Gasteiger partial charge in [-0.25, -0.2) is 15.0 Å². The van der Waals surface area contributed by atoms with Crippen molar-refractivity contribution in [1.29, 1.82) is 0 Å². The van der Waals surface area contributed by atoms with Gasteiger partial charge in [-0.05, 0) is 24.3 Å². The Kier molecular flexibility index (Phi) is 4.79. The Morgan fingerprint density at radius 2 is 1.42 bits per heavy atom. The van der Waals surface area contributed by atoms with Crippen LogP contribution < -0.4 is 4.74 Å². The van der Waals surface area contributed by atoms with Gasteiger partial charge in [-0.2, -0.15) is 0 Å². The fourth-order valence-corrected chi connectivity index (χ4v) is 6.75. The molecule has 180 valence electrons. The number of rotatable bonds is 3. The molecule has 0 spiro atoms. The van der Waals surface area contributed by atoms with E-state index in [1.807, 2.05) is 30.3 Å². The largest absolute Gasteiger partial charge is 0.485 e. The Labute approximate surface area is 223 Å². The summed E-state index contributed by atoms with van der Waals surface area (Å²) in [5.41, 5.74) is 4.20. The van der Waals surface area contributed by atoms with E-state index in [-0.39, 0.29) is 12.0 Å². The molecule has 0 saturated carbocycles. The van der Waals surface area contributed by atoms with Crippen molar-refractivity contribution in [3.8, 4) is 28.5 Å². The van der Waals surface area contributed by atoms with Gasteiger partial charge in [-0.1, -0.05) is 91.0 Å². The van der Waals surface area contributed by atoms with E-state index in [9.17, 15) is 0 Å². The van der Waals surface area contributed by atoms with Crippen molar-refractivity contribution in [2.45, 2.75) is 12.0 Å². The maximum atomic E-state index is 6.29. The van der Waals surface area contributed by atoms with Crippen LogP contribution in [0.15, 0.2) is 115 Å². The first-order chi connectivity index (χ1) is 18.8. The molecule has 4 aromatic carbocycles. The second-order valence-corrected chi connectivity index (χ2v) is 10.6. The van der Waals surface area contributed by atoms with E-state index in [1.54, 1.807) is 11.3 Å². The molecule has 5 heteroatoms. The topological polar surface area (TPSA) is 47.9 Å². The van der Waals surface area contributed by atoms with Crippen molar-refractivity contribution in [3.63, 3.8) is 0 Å². The second kappa shape index (κ2) is 8.47. The van der Waals surface area contributed by atoms with Gasteiger partial charge in [0.1, 0.15) is 11.9 Å². The van der Waals surface area contributed by atoms with E-state index in [0.717, 1.165) is 22.4 Å². The summed E-state index contributed by atoms with van der Waals surface area (Å²) in [6.45, 7) is 0. The zero-order valence-corrected chi connectivity index (χ0v) is 21.1. The van der Waals surface area contributed by atoms with Crippen LogP contribution in [-0.2, 0) is 0 Å². The van der Waals surface area contributed by atoms with Crippen LogP contribution in [0.5, 0.6) is 5.75 Å². The van der Waals surface area contributed by atoms with E-state index in [0.29, 0.717) is 17.5 Å². The molecule has 38 heavy (non-hydrogen) atoms. The Morgan fingerprint density at radius 1 is 0.658 bits per heavy atom. The molecule has 2 atom stereocenters. The number of ether oxygens (including phenoxy) is 1. The Bertz CT molecular complexity index is 1920. The monoisotopic (exact) mass is 507 g/mol. The van der Waals surface area contributed by atoms with E-state index in [2.05, 4.69) is 85.0 Å². The third-order valence-corrected chi connectivity index (χ3v) is 8.46. The Morgan fingerprint density at radius 3 is 2.37 bits per heavy atom. The van der Waals surface area contributed by atoms with Crippen LogP contribution in [-0.4, -0.2) is 21.1 Å².